The molecule has 0 aliphatic carbocycles. The molecule has 0 spiro atoms. The Hall–Kier alpha value is -2.82. The molecule has 156 valence electrons. The zero-order valence-electron chi connectivity index (χ0n) is 15.8. The number of benzene rings is 2. The van der Waals surface area contributed by atoms with Gasteiger partial charge in [-0.1, -0.05) is 40.2 Å². The van der Waals surface area contributed by atoms with Gasteiger partial charge in [0.05, 0.1) is 10.6 Å². The Balaban J connectivity index is 1.59. The van der Waals surface area contributed by atoms with Gasteiger partial charge in [-0.25, -0.2) is 18.2 Å². The SMILES string of the molecule is NS(=O)(=O)c1ccc(CCNC(=O)Cn2nc(-c3ccc(Br)cc3)ccc2=O)cc1. The highest BCUT2D eigenvalue weighted by atomic mass is 79.9. The number of nitrogens with zero attached hydrogens (tertiary/aromatic N) is 2. The first-order valence-corrected chi connectivity index (χ1v) is 11.3. The first kappa shape index (κ1) is 21.9. The molecule has 1 heterocycles. The standard InChI is InChI=1S/C20H19BrN4O4S/c21-16-5-3-15(4-6-16)18-9-10-20(27)25(24-18)13-19(26)23-12-11-14-1-7-17(8-2-14)30(22,28)29/h1-10H,11-13H2,(H,23,26)(H2,22,28,29). The van der Waals surface area contributed by atoms with Gasteiger partial charge in [0, 0.05) is 22.6 Å². The molecule has 0 unspecified atom stereocenters. The number of hydrogen-bond acceptors (Lipinski definition) is 5. The molecule has 1 amide bonds. The van der Waals surface area contributed by atoms with Gasteiger partial charge in [0.25, 0.3) is 5.56 Å². The minimum atomic E-state index is -3.73. The first-order valence-electron chi connectivity index (χ1n) is 8.95. The van der Waals surface area contributed by atoms with Gasteiger partial charge in [-0.05, 0) is 42.3 Å². The molecular formula is C20H19BrN4O4S. The molecule has 0 saturated carbocycles. The fraction of sp³-hybridized carbons (Fsp3) is 0.150. The number of nitrogens with two attached hydrogens (primary N) is 1. The number of rotatable bonds is 7. The molecule has 0 fully saturated rings. The lowest BCUT2D eigenvalue weighted by Gasteiger charge is -2.09. The molecule has 30 heavy (non-hydrogen) atoms. The summed E-state index contributed by atoms with van der Waals surface area (Å²) in [5.74, 6) is -0.348. The average Bonchev–Trinajstić information content (AvgIpc) is 2.70. The summed E-state index contributed by atoms with van der Waals surface area (Å²) in [6.45, 7) is 0.127. The molecule has 0 aliphatic rings. The molecule has 0 aliphatic heterocycles. The number of sulfonamides is 1. The fourth-order valence-electron chi connectivity index (χ4n) is 2.72. The third-order valence-corrected chi connectivity index (χ3v) is 5.75. The van der Waals surface area contributed by atoms with E-state index >= 15 is 0 Å². The number of hydrogen-bond donors (Lipinski definition) is 2. The fourth-order valence-corrected chi connectivity index (χ4v) is 3.50. The van der Waals surface area contributed by atoms with Crippen LogP contribution in [0.1, 0.15) is 5.56 Å². The van der Waals surface area contributed by atoms with Crippen LogP contribution < -0.4 is 16.0 Å². The summed E-state index contributed by atoms with van der Waals surface area (Å²) in [5, 5.41) is 12.1. The van der Waals surface area contributed by atoms with Crippen molar-refractivity contribution >= 4 is 31.9 Å². The van der Waals surface area contributed by atoms with Crippen molar-refractivity contribution in [1.29, 1.82) is 0 Å². The largest absolute Gasteiger partial charge is 0.354 e. The topological polar surface area (TPSA) is 124 Å². The van der Waals surface area contributed by atoms with E-state index in [9.17, 15) is 18.0 Å². The van der Waals surface area contributed by atoms with Gasteiger partial charge in [-0.2, -0.15) is 5.10 Å². The summed E-state index contributed by atoms with van der Waals surface area (Å²) < 4.78 is 24.6. The van der Waals surface area contributed by atoms with Crippen LogP contribution in [0.2, 0.25) is 0 Å². The van der Waals surface area contributed by atoms with Crippen LogP contribution in [0.25, 0.3) is 11.3 Å². The van der Waals surface area contributed by atoms with Crippen molar-refractivity contribution in [2.45, 2.75) is 17.9 Å². The van der Waals surface area contributed by atoms with Crippen molar-refractivity contribution in [3.63, 3.8) is 0 Å². The molecule has 1 aromatic heterocycles. The maximum atomic E-state index is 12.2. The minimum Gasteiger partial charge on any atom is -0.354 e. The maximum absolute atomic E-state index is 12.2. The Bertz CT molecular complexity index is 1210. The molecule has 0 saturated heterocycles. The van der Waals surface area contributed by atoms with Crippen LogP contribution in [0.4, 0.5) is 0 Å². The second kappa shape index (κ2) is 9.33. The highest BCUT2D eigenvalue weighted by Crippen LogP contribution is 2.18. The van der Waals surface area contributed by atoms with E-state index in [-0.39, 0.29) is 22.9 Å². The molecule has 8 nitrogen and oxygen atoms in total. The summed E-state index contributed by atoms with van der Waals surface area (Å²) in [4.78, 5) is 24.3. The molecule has 0 radical (unpaired) electrons. The number of carbonyl (C=O) groups excluding carboxylic acids is 1. The van der Waals surface area contributed by atoms with E-state index in [1.165, 1.54) is 18.2 Å². The van der Waals surface area contributed by atoms with Gasteiger partial charge in [-0.15, -0.1) is 0 Å². The molecule has 3 N–H and O–H groups in total. The number of primary sulfonamides is 1. The third-order valence-electron chi connectivity index (χ3n) is 4.29. The third kappa shape index (κ3) is 5.85. The highest BCUT2D eigenvalue weighted by molar-refractivity contribution is 9.10. The van der Waals surface area contributed by atoms with E-state index in [4.69, 9.17) is 5.14 Å². The van der Waals surface area contributed by atoms with E-state index < -0.39 is 10.0 Å². The van der Waals surface area contributed by atoms with Gasteiger partial charge in [-0.3, -0.25) is 9.59 Å². The van der Waals surface area contributed by atoms with Gasteiger partial charge in [0.2, 0.25) is 15.9 Å². The Kier molecular flexibility index (Phi) is 6.80. The Morgan fingerprint density at radius 1 is 1.03 bits per heavy atom. The zero-order valence-corrected chi connectivity index (χ0v) is 18.2. The smallest absolute Gasteiger partial charge is 0.267 e. The van der Waals surface area contributed by atoms with Crippen molar-refractivity contribution in [2.75, 3.05) is 6.54 Å². The molecule has 2 aromatic carbocycles. The number of aromatic nitrogens is 2. The molecule has 10 heteroatoms. The average molecular weight is 491 g/mol. The van der Waals surface area contributed by atoms with Crippen LogP contribution in [0.5, 0.6) is 0 Å². The number of nitrogens with one attached hydrogen (secondary N) is 1. The van der Waals surface area contributed by atoms with Gasteiger partial charge in [0.15, 0.2) is 0 Å². The molecule has 0 atom stereocenters. The van der Waals surface area contributed by atoms with Crippen molar-refractivity contribution in [2.24, 2.45) is 5.14 Å². The monoisotopic (exact) mass is 490 g/mol. The summed E-state index contributed by atoms with van der Waals surface area (Å²) in [7, 11) is -3.73. The number of carbonyl (C=O) groups is 1. The Labute approximate surface area is 181 Å². The van der Waals surface area contributed by atoms with Crippen LogP contribution in [0, 0.1) is 0 Å². The molecular weight excluding hydrogens is 472 g/mol. The Morgan fingerprint density at radius 2 is 1.70 bits per heavy atom. The summed E-state index contributed by atoms with van der Waals surface area (Å²) in [6.07, 6.45) is 0.498. The van der Waals surface area contributed by atoms with E-state index in [1.807, 2.05) is 24.3 Å². The minimum absolute atomic E-state index is 0.0337. The quantitative estimate of drug-likeness (QED) is 0.521. The lowest BCUT2D eigenvalue weighted by atomic mass is 10.1. The predicted molar refractivity (Wildman–Crippen MR) is 116 cm³/mol. The lowest BCUT2D eigenvalue weighted by molar-refractivity contribution is -0.121. The number of halogens is 1. The lowest BCUT2D eigenvalue weighted by Crippen LogP contribution is -2.34. The van der Waals surface area contributed by atoms with Crippen LogP contribution in [0.3, 0.4) is 0 Å². The first-order chi connectivity index (χ1) is 14.2. The van der Waals surface area contributed by atoms with E-state index in [2.05, 4.69) is 26.3 Å². The van der Waals surface area contributed by atoms with E-state index in [0.717, 1.165) is 20.3 Å². The van der Waals surface area contributed by atoms with Crippen LogP contribution in [0.15, 0.2) is 74.8 Å². The zero-order chi connectivity index (χ0) is 21.7. The molecule has 0 bridgehead atoms. The van der Waals surface area contributed by atoms with Crippen molar-refractivity contribution < 1.29 is 13.2 Å². The molecule has 3 aromatic rings. The van der Waals surface area contributed by atoms with Gasteiger partial charge < -0.3 is 5.32 Å². The predicted octanol–water partition coefficient (Wildman–Crippen LogP) is 1.68. The van der Waals surface area contributed by atoms with Crippen molar-refractivity contribution in [1.82, 2.24) is 15.1 Å². The van der Waals surface area contributed by atoms with E-state index in [0.29, 0.717) is 18.7 Å². The van der Waals surface area contributed by atoms with Crippen LogP contribution in [-0.2, 0) is 27.8 Å². The summed E-state index contributed by atoms with van der Waals surface area (Å²) in [5.41, 5.74) is 1.89. The van der Waals surface area contributed by atoms with Crippen molar-refractivity contribution in [3.05, 3.63) is 81.1 Å². The second-order valence-electron chi connectivity index (χ2n) is 6.51. The highest BCUT2D eigenvalue weighted by Gasteiger charge is 2.09. The maximum Gasteiger partial charge on any atom is 0.267 e. The van der Waals surface area contributed by atoms with Crippen LogP contribution >= 0.6 is 15.9 Å². The van der Waals surface area contributed by atoms with Crippen molar-refractivity contribution in [3.8, 4) is 11.3 Å². The normalized spacial score (nSPS) is 11.3. The van der Waals surface area contributed by atoms with Crippen LogP contribution in [-0.4, -0.2) is 30.7 Å². The van der Waals surface area contributed by atoms with Gasteiger partial charge in [0.1, 0.15) is 6.54 Å². The Morgan fingerprint density at radius 3 is 2.33 bits per heavy atom. The van der Waals surface area contributed by atoms with Gasteiger partial charge >= 0.3 is 0 Å². The number of amides is 1. The second-order valence-corrected chi connectivity index (χ2v) is 8.99. The van der Waals surface area contributed by atoms with E-state index in [1.54, 1.807) is 18.2 Å². The molecule has 3 rings (SSSR count). The summed E-state index contributed by atoms with van der Waals surface area (Å²) >= 11 is 3.37. The summed E-state index contributed by atoms with van der Waals surface area (Å²) in [6, 6.07) is 16.6.